The van der Waals surface area contributed by atoms with E-state index in [1.165, 1.54) is 6.08 Å². The molecule has 0 aliphatic carbocycles. The predicted octanol–water partition coefficient (Wildman–Crippen LogP) is 4.68. The van der Waals surface area contributed by atoms with Crippen molar-refractivity contribution in [1.82, 2.24) is 0 Å². The number of carbonyl (C=O) groups is 1. The number of carbonyl (C=O) groups excluding carboxylic acids is 1. The minimum Gasteiger partial charge on any atom is -0.508 e. The fourth-order valence-electron chi connectivity index (χ4n) is 2.47. The molecule has 2 N–H and O–H groups in total. The number of phenols is 1. The first-order valence-electron chi connectivity index (χ1n) is 8.47. The molecule has 0 aliphatic heterocycles. The summed E-state index contributed by atoms with van der Waals surface area (Å²) in [6.07, 6.45) is 3.95. The van der Waals surface area contributed by atoms with Crippen molar-refractivity contribution < 1.29 is 14.6 Å². The highest BCUT2D eigenvalue weighted by atomic mass is 16.5. The van der Waals surface area contributed by atoms with Crippen LogP contribution in [0.15, 0.2) is 42.5 Å². The van der Waals surface area contributed by atoms with Crippen LogP contribution in [-0.2, 0) is 6.42 Å². The van der Waals surface area contributed by atoms with E-state index in [-0.39, 0.29) is 17.6 Å². The molecule has 2 aromatic carbocycles. The SMILES string of the molecule is CCc1cc(/C=C/C(=O)c2ccc(NC)cc2)c(OC(C)C)cc1O. The molecule has 0 bridgehead atoms. The minimum atomic E-state index is -0.0794. The summed E-state index contributed by atoms with van der Waals surface area (Å²) in [6, 6.07) is 10.8. The molecule has 0 aromatic heterocycles. The van der Waals surface area contributed by atoms with E-state index in [2.05, 4.69) is 5.32 Å². The Hall–Kier alpha value is -2.75. The van der Waals surface area contributed by atoms with Gasteiger partial charge in [0.05, 0.1) is 6.10 Å². The number of aromatic hydroxyl groups is 1. The summed E-state index contributed by atoms with van der Waals surface area (Å²) in [5.74, 6) is 0.702. The maximum atomic E-state index is 12.4. The van der Waals surface area contributed by atoms with E-state index < -0.39 is 0 Å². The molecule has 4 nitrogen and oxygen atoms in total. The highest BCUT2D eigenvalue weighted by Crippen LogP contribution is 2.30. The van der Waals surface area contributed by atoms with Crippen LogP contribution in [-0.4, -0.2) is 24.0 Å². The Kier molecular flexibility index (Phi) is 6.23. The average molecular weight is 339 g/mol. The van der Waals surface area contributed by atoms with E-state index in [0.717, 1.165) is 16.8 Å². The van der Waals surface area contributed by atoms with E-state index in [1.54, 1.807) is 24.3 Å². The molecule has 2 aromatic rings. The van der Waals surface area contributed by atoms with Crippen LogP contribution in [0, 0.1) is 0 Å². The second kappa shape index (κ2) is 8.38. The third kappa shape index (κ3) is 4.86. The molecule has 0 fully saturated rings. The van der Waals surface area contributed by atoms with Crippen molar-refractivity contribution >= 4 is 17.5 Å². The van der Waals surface area contributed by atoms with Crippen molar-refractivity contribution in [3.8, 4) is 11.5 Å². The summed E-state index contributed by atoms with van der Waals surface area (Å²) >= 11 is 0. The molecule has 0 heterocycles. The van der Waals surface area contributed by atoms with E-state index in [9.17, 15) is 9.90 Å². The summed E-state index contributed by atoms with van der Waals surface area (Å²) in [7, 11) is 1.84. The Morgan fingerprint density at radius 2 is 1.92 bits per heavy atom. The number of nitrogens with one attached hydrogen (secondary N) is 1. The molecule has 0 atom stereocenters. The van der Waals surface area contributed by atoms with Crippen LogP contribution in [0.5, 0.6) is 11.5 Å². The van der Waals surface area contributed by atoms with Gasteiger partial charge < -0.3 is 15.2 Å². The summed E-state index contributed by atoms with van der Waals surface area (Å²) in [5.41, 5.74) is 3.18. The number of hydrogen-bond acceptors (Lipinski definition) is 4. The predicted molar refractivity (Wildman–Crippen MR) is 103 cm³/mol. The standard InChI is InChI=1S/C21H25NO3/c1-5-15-12-17(21(13-20(15)24)25-14(2)3)8-11-19(23)16-6-9-18(22-4)10-7-16/h6-14,22,24H,5H2,1-4H3/b11-8+. The van der Waals surface area contributed by atoms with E-state index >= 15 is 0 Å². The van der Waals surface area contributed by atoms with Crippen LogP contribution >= 0.6 is 0 Å². The maximum absolute atomic E-state index is 12.4. The Balaban J connectivity index is 2.29. The van der Waals surface area contributed by atoms with Gasteiger partial charge in [-0.25, -0.2) is 0 Å². The molecule has 0 radical (unpaired) electrons. The molecule has 4 heteroatoms. The topological polar surface area (TPSA) is 58.6 Å². The first-order chi connectivity index (χ1) is 11.9. The molecule has 0 saturated carbocycles. The monoisotopic (exact) mass is 339 g/mol. The van der Waals surface area contributed by atoms with Crippen LogP contribution in [0.2, 0.25) is 0 Å². The van der Waals surface area contributed by atoms with Crippen LogP contribution in [0.3, 0.4) is 0 Å². The van der Waals surface area contributed by atoms with E-state index in [4.69, 9.17) is 4.74 Å². The van der Waals surface area contributed by atoms with Crippen molar-refractivity contribution in [2.75, 3.05) is 12.4 Å². The average Bonchev–Trinajstić information content (AvgIpc) is 2.60. The molecular formula is C21H25NO3. The number of anilines is 1. The number of benzene rings is 2. The van der Waals surface area contributed by atoms with Gasteiger partial charge in [-0.1, -0.05) is 6.92 Å². The zero-order chi connectivity index (χ0) is 18.4. The van der Waals surface area contributed by atoms with Crippen LogP contribution in [0.4, 0.5) is 5.69 Å². The van der Waals surface area contributed by atoms with Crippen LogP contribution in [0.1, 0.15) is 42.3 Å². The van der Waals surface area contributed by atoms with Gasteiger partial charge in [-0.15, -0.1) is 0 Å². The molecule has 132 valence electrons. The molecule has 0 spiro atoms. The largest absolute Gasteiger partial charge is 0.508 e. The smallest absolute Gasteiger partial charge is 0.185 e. The highest BCUT2D eigenvalue weighted by Gasteiger charge is 2.10. The van der Waals surface area contributed by atoms with Gasteiger partial charge in [0.25, 0.3) is 0 Å². The number of rotatable bonds is 7. The minimum absolute atomic E-state index is 0.0242. The molecule has 2 rings (SSSR count). The summed E-state index contributed by atoms with van der Waals surface area (Å²) in [6.45, 7) is 5.82. The van der Waals surface area contributed by atoms with Crippen molar-refractivity contribution in [2.24, 2.45) is 0 Å². The number of aryl methyl sites for hydroxylation is 1. The molecule has 0 amide bonds. The first-order valence-corrected chi connectivity index (χ1v) is 8.47. The summed E-state index contributed by atoms with van der Waals surface area (Å²) in [4.78, 5) is 12.4. The number of hydrogen-bond donors (Lipinski definition) is 2. The number of ketones is 1. The summed E-state index contributed by atoms with van der Waals surface area (Å²) < 4.78 is 5.76. The van der Waals surface area contributed by atoms with Crippen molar-refractivity contribution in [3.05, 3.63) is 59.2 Å². The Morgan fingerprint density at radius 1 is 1.24 bits per heavy atom. The van der Waals surface area contributed by atoms with Gasteiger partial charge in [-0.05, 0) is 68.3 Å². The lowest BCUT2D eigenvalue weighted by Gasteiger charge is -2.14. The third-order valence-corrected chi connectivity index (χ3v) is 3.83. The number of allylic oxidation sites excluding steroid dienone is 1. The molecular weight excluding hydrogens is 314 g/mol. The van der Waals surface area contributed by atoms with Crippen molar-refractivity contribution in [3.63, 3.8) is 0 Å². The number of phenolic OH excluding ortho intramolecular Hbond substituents is 1. The normalized spacial score (nSPS) is 11.1. The molecule has 0 unspecified atom stereocenters. The molecule has 0 aliphatic rings. The zero-order valence-corrected chi connectivity index (χ0v) is 15.2. The van der Waals surface area contributed by atoms with Crippen molar-refractivity contribution in [1.29, 1.82) is 0 Å². The zero-order valence-electron chi connectivity index (χ0n) is 15.2. The van der Waals surface area contributed by atoms with Crippen molar-refractivity contribution in [2.45, 2.75) is 33.3 Å². The Morgan fingerprint density at radius 3 is 2.48 bits per heavy atom. The summed E-state index contributed by atoms with van der Waals surface area (Å²) in [5, 5.41) is 13.1. The van der Waals surface area contributed by atoms with E-state index in [0.29, 0.717) is 17.7 Å². The van der Waals surface area contributed by atoms with Gasteiger partial charge in [0.2, 0.25) is 0 Å². The lowest BCUT2D eigenvalue weighted by Crippen LogP contribution is -2.07. The van der Waals surface area contributed by atoms with Gasteiger partial charge in [-0.2, -0.15) is 0 Å². The Bertz CT molecular complexity index is 761. The van der Waals surface area contributed by atoms with Crippen LogP contribution < -0.4 is 10.1 Å². The Labute approximate surface area is 149 Å². The molecule has 0 saturated heterocycles. The lowest BCUT2D eigenvalue weighted by molar-refractivity contribution is 0.104. The van der Waals surface area contributed by atoms with Gasteiger partial charge >= 0.3 is 0 Å². The third-order valence-electron chi connectivity index (χ3n) is 3.83. The maximum Gasteiger partial charge on any atom is 0.185 e. The van der Waals surface area contributed by atoms with Gasteiger partial charge in [-0.3, -0.25) is 4.79 Å². The fraction of sp³-hybridized carbons (Fsp3) is 0.286. The second-order valence-electron chi connectivity index (χ2n) is 6.06. The van der Waals surface area contributed by atoms with E-state index in [1.807, 2.05) is 46.0 Å². The second-order valence-corrected chi connectivity index (χ2v) is 6.06. The van der Waals surface area contributed by atoms with Gasteiger partial charge in [0, 0.05) is 29.9 Å². The number of ether oxygens (including phenoxy) is 1. The van der Waals surface area contributed by atoms with Gasteiger partial charge in [0.15, 0.2) is 5.78 Å². The molecule has 25 heavy (non-hydrogen) atoms. The van der Waals surface area contributed by atoms with Gasteiger partial charge in [0.1, 0.15) is 11.5 Å². The van der Waals surface area contributed by atoms with Crippen LogP contribution in [0.25, 0.3) is 6.08 Å². The highest BCUT2D eigenvalue weighted by molar-refractivity contribution is 6.07. The fourth-order valence-corrected chi connectivity index (χ4v) is 2.47. The first kappa shape index (κ1) is 18.6. The lowest BCUT2D eigenvalue weighted by atomic mass is 10.0. The quantitative estimate of drug-likeness (QED) is 0.568.